The molecule has 2 aromatic heterocycles. The number of hydrogen-bond donors (Lipinski definition) is 9. The molecule has 4 heterocycles. The second-order valence-corrected chi connectivity index (χ2v) is 32.0. The maximum absolute atomic E-state index is 12.8. The zero-order valence-corrected chi connectivity index (χ0v) is 57.4. The van der Waals surface area contributed by atoms with E-state index < -0.39 is 133 Å². The number of hydrogen-bond acceptors (Lipinski definition) is 25. The van der Waals surface area contributed by atoms with Gasteiger partial charge < -0.3 is 65.2 Å². The number of carbonyl (C=O) groups excluding carboxylic acids is 3. The summed E-state index contributed by atoms with van der Waals surface area (Å²) in [5.41, 5.74) is 3.62. The molecule has 2 fully saturated rings. The number of nitrogens with one attached hydrogen (secondary N) is 2. The van der Waals surface area contributed by atoms with Gasteiger partial charge in [-0.1, -0.05) is 31.0 Å². The van der Waals surface area contributed by atoms with Crippen molar-refractivity contribution in [1.29, 1.82) is 5.26 Å². The number of anilines is 1. The van der Waals surface area contributed by atoms with Crippen molar-refractivity contribution >= 4 is 107 Å². The summed E-state index contributed by atoms with van der Waals surface area (Å²) in [6, 6.07) is 1.62. The Morgan fingerprint density at radius 3 is 1.79 bits per heavy atom. The number of nitrogen functional groups attached to an aromatic ring is 1. The molecule has 2 aliphatic rings. The SMILES string of the molecule is CCOC(=O)C(C#N)=NOC1(N(C)C)CN(SCCNC(=O)CCNC(=O)[C@H](O)C(C)(C)COP(=O)(O)OP(=O)(O)OC[C@H]2O[C@@H](n3cnc4c(N)ncnc43)[C@H](O)[C@@H]2OP(=O)(O)O)CCO1.F[P-](F)(F)(F)(F)F.F[P-](F)(F)(F)(F)F.F[P-](F)(F)(F)(F)F.F[P-](F)(F)(F)(F)F.[Re+4]. The minimum Gasteiger partial charge on any atom is 4.00 e. The summed E-state index contributed by atoms with van der Waals surface area (Å²) >= 11 is 1.35. The number of likely N-dealkylation sites (N-methyl/N-ethyl adjacent to an activating group) is 1. The van der Waals surface area contributed by atoms with Crippen LogP contribution in [0.1, 0.15) is 33.4 Å². The molecular formula is C32H52F24N11O20P7ReS. The van der Waals surface area contributed by atoms with Gasteiger partial charge in [0.2, 0.25) is 11.8 Å². The van der Waals surface area contributed by atoms with E-state index in [-0.39, 0.29) is 76.7 Å². The fraction of sp³-hybridized carbons (Fsp3) is 0.688. The molecule has 0 bridgehead atoms. The van der Waals surface area contributed by atoms with Crippen molar-refractivity contribution in [1.82, 2.24) is 39.4 Å². The number of morpholine rings is 1. The molecule has 8 atom stereocenters. The minimum atomic E-state index is -10.7. The van der Waals surface area contributed by atoms with Gasteiger partial charge in [-0.15, -0.1) is 0 Å². The monoisotopic (exact) mass is 1800 g/mol. The predicted molar refractivity (Wildman–Crippen MR) is 281 cm³/mol. The maximum Gasteiger partial charge on any atom is 4.00 e. The van der Waals surface area contributed by atoms with Crippen molar-refractivity contribution in [2.24, 2.45) is 10.6 Å². The number of carbonyl (C=O) groups is 3. The number of oxime groups is 1. The van der Waals surface area contributed by atoms with Crippen molar-refractivity contribution in [3.8, 4) is 6.07 Å². The summed E-state index contributed by atoms with van der Waals surface area (Å²) in [6.07, 6.45) is -7.07. The summed E-state index contributed by atoms with van der Waals surface area (Å²) < 4.78 is 312. The molecule has 0 spiro atoms. The smallest absolute Gasteiger partial charge is 4.00 e. The summed E-state index contributed by atoms with van der Waals surface area (Å²) in [5, 5.41) is 39.6. The number of ether oxygens (including phenoxy) is 3. The Morgan fingerprint density at radius 1 is 0.844 bits per heavy atom. The molecule has 2 amide bonds. The van der Waals surface area contributed by atoms with Gasteiger partial charge in [0.25, 0.3) is 5.71 Å². The fourth-order valence-corrected chi connectivity index (χ4v) is 9.64. The Kier molecular flexibility index (Phi) is 29.4. The maximum atomic E-state index is 12.8. The number of rotatable bonds is 25. The van der Waals surface area contributed by atoms with Crippen LogP contribution in [0.3, 0.4) is 0 Å². The number of fused-ring (bicyclic) bond motifs is 1. The number of nitriles is 1. The summed E-state index contributed by atoms with van der Waals surface area (Å²) in [6.45, 7) is 2.79. The van der Waals surface area contributed by atoms with Crippen LogP contribution in [0.25, 0.3) is 11.2 Å². The fourth-order valence-electron chi connectivity index (χ4n) is 5.90. The number of imidazole rings is 1. The van der Waals surface area contributed by atoms with Crippen molar-refractivity contribution in [2.75, 3.05) is 78.2 Å². The molecule has 4 rings (SSSR count). The number of aromatic nitrogens is 4. The molecular weight excluding hydrogens is 1750 g/mol. The van der Waals surface area contributed by atoms with E-state index in [1.54, 1.807) is 32.0 Å². The Labute approximate surface area is 537 Å². The van der Waals surface area contributed by atoms with Gasteiger partial charge in [0, 0.05) is 37.2 Å². The summed E-state index contributed by atoms with van der Waals surface area (Å²) in [5.74, 6) is -3.51. The molecule has 31 nitrogen and oxygen atoms in total. The first kappa shape index (κ1) is 95.0. The van der Waals surface area contributed by atoms with Crippen molar-refractivity contribution in [3.63, 3.8) is 0 Å². The largest absolute Gasteiger partial charge is 4.00 e. The number of amides is 2. The van der Waals surface area contributed by atoms with Gasteiger partial charge in [0.05, 0.1) is 39.3 Å². The Balaban J connectivity index is 0. The minimum absolute atomic E-state index is 0. The topological polar surface area (TPSA) is 434 Å². The van der Waals surface area contributed by atoms with Crippen molar-refractivity contribution < 1.29 is 216 Å². The molecule has 3 unspecified atom stereocenters. The number of nitrogens with two attached hydrogens (primary N) is 1. The Morgan fingerprint density at radius 2 is 1.33 bits per heavy atom. The van der Waals surface area contributed by atoms with Gasteiger partial charge in [-0.25, -0.2) is 42.6 Å². The van der Waals surface area contributed by atoms with Gasteiger partial charge in [-0.05, 0) is 21.0 Å². The molecule has 571 valence electrons. The first-order valence-electron chi connectivity index (χ1n) is 23.7. The molecule has 64 heteroatoms. The third-order valence-corrected chi connectivity index (χ3v) is 13.5. The van der Waals surface area contributed by atoms with Crippen LogP contribution in [0.4, 0.5) is 107 Å². The molecule has 0 aromatic carbocycles. The Hall–Kier alpha value is -3.10. The molecule has 2 aromatic rings. The van der Waals surface area contributed by atoms with E-state index >= 15 is 0 Å². The molecule has 1 radical (unpaired) electrons. The zero-order chi connectivity index (χ0) is 75.6. The average molecular weight is 1800 g/mol. The second-order valence-electron chi connectivity index (χ2n) is 18.9. The van der Waals surface area contributed by atoms with Crippen LogP contribution >= 0.6 is 66.7 Å². The molecule has 0 saturated carbocycles. The van der Waals surface area contributed by atoms with Gasteiger partial charge in [0.1, 0.15) is 42.3 Å². The first-order chi connectivity index (χ1) is 41.0. The summed E-state index contributed by atoms with van der Waals surface area (Å²) in [7, 11) is -55.8. The number of aliphatic hydroxyl groups is 2. The van der Waals surface area contributed by atoms with E-state index in [1.807, 2.05) is 4.31 Å². The second kappa shape index (κ2) is 29.7. The molecule has 2 saturated heterocycles. The molecule has 0 aliphatic carbocycles. The first-order valence-corrected chi connectivity index (χ1v) is 37.3. The van der Waals surface area contributed by atoms with Crippen LogP contribution in [0, 0.1) is 16.7 Å². The standard InChI is InChI=1S/C32H52N11O20P3S.4F6P.Re/c1-6-56-30(48)19(13-33)40-62-32(41(4)5)15-42(10-11-57-32)67-12-9-35-21(44)7-8-36-28(47)25(46)31(2,3)16-59-66(54,55)63-65(52,53)58-14-20-24(61-64(49,50)51)23(45)29(60-20)43-18-39-22-26(34)37-17-38-27(22)43;4*1-7(2,3,4,5)6;/h17-18,20,23-25,29,45-46H,6-12,14-16H2,1-5H3,(H,35,44)(H,36,47)(H,52,53)(H,54,55)(H2,34,37,38)(H2,49,50,51);;;;;/q;4*-1;+4/t20-,23-,24-,25+,29-,32?;;;;;/m1...../s1. The quantitative estimate of drug-likeness (QED) is 0.00651. The van der Waals surface area contributed by atoms with Crippen LogP contribution in [0.5, 0.6) is 0 Å². The molecule has 2 aliphatic heterocycles. The van der Waals surface area contributed by atoms with E-state index in [4.69, 9.17) is 33.8 Å². The number of nitrogens with zero attached hydrogens (tertiary/aromatic N) is 8. The normalized spacial score (nSPS) is 23.6. The van der Waals surface area contributed by atoms with Gasteiger partial charge in [-0.2, -0.15) is 9.57 Å². The van der Waals surface area contributed by atoms with E-state index in [0.29, 0.717) is 12.3 Å². The van der Waals surface area contributed by atoms with Crippen molar-refractivity contribution in [2.45, 2.75) is 63.7 Å². The average Bonchev–Trinajstić information content (AvgIpc) is 1.58. The van der Waals surface area contributed by atoms with Gasteiger partial charge >= 0.3 is 188 Å². The van der Waals surface area contributed by atoms with E-state index in [1.165, 1.54) is 25.8 Å². The van der Waals surface area contributed by atoms with Crippen LogP contribution in [-0.2, 0) is 85.4 Å². The van der Waals surface area contributed by atoms with Crippen LogP contribution in [-0.4, -0.2) is 185 Å². The zero-order valence-electron chi connectivity index (χ0n) is 47.7. The summed E-state index contributed by atoms with van der Waals surface area (Å²) in [4.78, 5) is 95.5. The number of aliphatic hydroxyl groups excluding tert-OH is 2. The molecule has 10 N–H and O–H groups in total. The van der Waals surface area contributed by atoms with E-state index in [9.17, 15) is 164 Å². The van der Waals surface area contributed by atoms with E-state index in [0.717, 1.165) is 17.2 Å². The van der Waals surface area contributed by atoms with E-state index in [2.05, 4.69) is 39.6 Å². The number of phosphoric ester groups is 3. The van der Waals surface area contributed by atoms with Gasteiger partial charge in [-0.3, -0.25) is 27.7 Å². The number of phosphoric acid groups is 3. The van der Waals surface area contributed by atoms with Crippen molar-refractivity contribution in [3.05, 3.63) is 12.7 Å². The third-order valence-electron chi connectivity index (χ3n) is 9.36. The van der Waals surface area contributed by atoms with Crippen LogP contribution < -0.4 is 16.4 Å². The Bertz CT molecular complexity index is 3110. The van der Waals surface area contributed by atoms with Gasteiger partial charge in [0.15, 0.2) is 17.7 Å². The third kappa shape index (κ3) is 51.1. The predicted octanol–water partition coefficient (Wildman–Crippen LogP) is 11.6. The number of halogens is 24. The van der Waals surface area contributed by atoms with Crippen LogP contribution in [0.15, 0.2) is 17.8 Å². The van der Waals surface area contributed by atoms with Crippen LogP contribution in [0.2, 0.25) is 0 Å². The molecule has 96 heavy (non-hydrogen) atoms. The number of esters is 1.